The van der Waals surface area contributed by atoms with Gasteiger partial charge in [0.05, 0.1) is 24.4 Å². The van der Waals surface area contributed by atoms with Crippen LogP contribution in [0.15, 0.2) is 29.8 Å². The van der Waals surface area contributed by atoms with E-state index in [0.717, 1.165) is 6.07 Å². The van der Waals surface area contributed by atoms with Crippen LogP contribution in [0.5, 0.6) is 5.75 Å². The number of hydrogen-bond acceptors (Lipinski definition) is 5. The minimum absolute atomic E-state index is 0.109. The lowest BCUT2D eigenvalue weighted by atomic mass is 10.1. The molecule has 0 aromatic heterocycles. The fourth-order valence-corrected chi connectivity index (χ4v) is 2.56. The van der Waals surface area contributed by atoms with Crippen LogP contribution in [0.4, 0.5) is 20.6 Å². The van der Waals surface area contributed by atoms with E-state index < -0.39 is 17.8 Å². The number of amides is 3. The van der Waals surface area contributed by atoms with Crippen LogP contribution in [0.3, 0.4) is 0 Å². The predicted octanol–water partition coefficient (Wildman–Crippen LogP) is 3.07. The largest absolute Gasteiger partial charge is 0.481 e. The Hall–Kier alpha value is -3.23. The Morgan fingerprint density at radius 3 is 2.82 bits per heavy atom. The van der Waals surface area contributed by atoms with Gasteiger partial charge in [-0.05, 0) is 19.4 Å². The maximum absolute atomic E-state index is 14.4. The third kappa shape index (κ3) is 5.15. The lowest BCUT2D eigenvalue weighted by Gasteiger charge is -2.29. The van der Waals surface area contributed by atoms with Gasteiger partial charge in [-0.25, -0.2) is 9.18 Å². The van der Waals surface area contributed by atoms with Gasteiger partial charge in [-0.1, -0.05) is 13.0 Å². The average molecular weight is 391 g/mol. The number of anilines is 2. The Kier molecular flexibility index (Phi) is 7.25. The third-order valence-electron chi connectivity index (χ3n) is 3.87. The molecule has 1 aromatic rings. The van der Waals surface area contributed by atoms with Crippen LogP contribution >= 0.6 is 0 Å². The summed E-state index contributed by atoms with van der Waals surface area (Å²) < 4.78 is 24.3. The molecule has 0 fully saturated rings. The fraction of sp³-hybridized carbons (Fsp3) is 0.368. The van der Waals surface area contributed by atoms with Crippen molar-refractivity contribution in [3.63, 3.8) is 0 Å². The molecule has 0 unspecified atom stereocenters. The monoisotopic (exact) mass is 391 g/mol. The molecule has 1 aliphatic heterocycles. The molecule has 3 amide bonds. The third-order valence-corrected chi connectivity index (χ3v) is 3.87. The summed E-state index contributed by atoms with van der Waals surface area (Å²) in [6.45, 7) is 7.18. The second-order valence-electron chi connectivity index (χ2n) is 5.84. The molecule has 0 saturated heterocycles. The first-order valence-corrected chi connectivity index (χ1v) is 8.80. The molecular formula is C19H22FN3O5. The van der Waals surface area contributed by atoms with Gasteiger partial charge >= 0.3 is 6.09 Å². The van der Waals surface area contributed by atoms with E-state index >= 15 is 0 Å². The molecule has 150 valence electrons. The quantitative estimate of drug-likeness (QED) is 0.569. The number of nitrogens with one attached hydrogen (secondary N) is 1. The lowest BCUT2D eigenvalue weighted by molar-refractivity contribution is -0.121. The van der Waals surface area contributed by atoms with Gasteiger partial charge in [0.15, 0.2) is 12.4 Å². The highest BCUT2D eigenvalue weighted by atomic mass is 19.1. The molecule has 0 atom stereocenters. The zero-order valence-corrected chi connectivity index (χ0v) is 15.8. The van der Waals surface area contributed by atoms with Crippen molar-refractivity contribution in [2.24, 2.45) is 4.99 Å². The molecular weight excluding hydrogens is 369 g/mol. The van der Waals surface area contributed by atoms with Crippen molar-refractivity contribution in [1.82, 2.24) is 0 Å². The number of ether oxygens (including phenoxy) is 2. The molecule has 1 heterocycles. The van der Waals surface area contributed by atoms with E-state index in [4.69, 9.17) is 9.47 Å². The van der Waals surface area contributed by atoms with Crippen LogP contribution in [0.2, 0.25) is 0 Å². The molecule has 0 bridgehead atoms. The molecule has 1 aliphatic rings. The van der Waals surface area contributed by atoms with Gasteiger partial charge < -0.3 is 19.7 Å². The first kappa shape index (κ1) is 21.1. The lowest BCUT2D eigenvalue weighted by Crippen LogP contribution is -2.39. The zero-order chi connectivity index (χ0) is 20.7. The maximum Gasteiger partial charge on any atom is 0.433 e. The second kappa shape index (κ2) is 9.63. The van der Waals surface area contributed by atoms with E-state index in [-0.39, 0.29) is 43.5 Å². The highest BCUT2D eigenvalue weighted by Crippen LogP contribution is 2.36. The number of rotatable bonds is 7. The van der Waals surface area contributed by atoms with E-state index in [9.17, 15) is 18.8 Å². The smallest absolute Gasteiger partial charge is 0.433 e. The topological polar surface area (TPSA) is 97.3 Å². The molecule has 0 aliphatic carbocycles. The van der Waals surface area contributed by atoms with Gasteiger partial charge in [0.1, 0.15) is 5.75 Å². The summed E-state index contributed by atoms with van der Waals surface area (Å²) in [5.74, 6) is -1.36. The summed E-state index contributed by atoms with van der Waals surface area (Å²) in [6, 6.07) is 2.44. The normalized spacial score (nSPS) is 13.5. The van der Waals surface area contributed by atoms with Crippen LogP contribution in [0.1, 0.15) is 26.7 Å². The molecule has 8 nitrogen and oxygen atoms in total. The van der Waals surface area contributed by atoms with E-state index in [1.807, 2.05) is 0 Å². The first-order valence-electron chi connectivity index (χ1n) is 8.80. The van der Waals surface area contributed by atoms with Crippen LogP contribution in [-0.4, -0.2) is 43.4 Å². The molecule has 2 rings (SSSR count). The molecule has 0 radical (unpaired) electrons. The molecule has 9 heteroatoms. The summed E-state index contributed by atoms with van der Waals surface area (Å²) in [5, 5.41) is 2.44. The Morgan fingerprint density at radius 2 is 2.18 bits per heavy atom. The first-order chi connectivity index (χ1) is 13.4. The summed E-state index contributed by atoms with van der Waals surface area (Å²) in [7, 11) is 0. The Labute approximate surface area is 162 Å². The minimum atomic E-state index is -0.775. The number of carbonyl (C=O) groups excluding carboxylic acids is 3. The number of halogens is 1. The maximum atomic E-state index is 14.4. The number of carbonyl (C=O) groups is 3. The van der Waals surface area contributed by atoms with Crippen molar-refractivity contribution < 1.29 is 28.2 Å². The summed E-state index contributed by atoms with van der Waals surface area (Å²) >= 11 is 0. The average Bonchev–Trinajstić information content (AvgIpc) is 2.65. The molecule has 0 saturated carbocycles. The van der Waals surface area contributed by atoms with E-state index in [1.165, 1.54) is 17.0 Å². The Bertz CT molecular complexity index is 822. The van der Waals surface area contributed by atoms with Crippen molar-refractivity contribution in [3.8, 4) is 5.75 Å². The van der Waals surface area contributed by atoms with Crippen molar-refractivity contribution in [1.29, 1.82) is 0 Å². The summed E-state index contributed by atoms with van der Waals surface area (Å²) in [5.41, 5.74) is 0.535. The van der Waals surface area contributed by atoms with Crippen molar-refractivity contribution in [2.45, 2.75) is 26.7 Å². The fourth-order valence-electron chi connectivity index (χ4n) is 2.56. The van der Waals surface area contributed by atoms with Crippen LogP contribution in [0, 0.1) is 5.82 Å². The summed E-state index contributed by atoms with van der Waals surface area (Å²) in [4.78, 5) is 40.8. The highest BCUT2D eigenvalue weighted by molar-refractivity contribution is 6.09. The Balaban J connectivity index is 2.19. The van der Waals surface area contributed by atoms with Crippen molar-refractivity contribution in [2.75, 3.05) is 30.0 Å². The number of nitrogens with zero attached hydrogens (tertiary/aromatic N) is 2. The van der Waals surface area contributed by atoms with Crippen LogP contribution < -0.4 is 15.0 Å². The SMILES string of the molecule is C=CCN1C(=O)COc2cc(F)c(NC(=O)CC(CC)=NC(=O)OCC)cc21. The molecule has 28 heavy (non-hydrogen) atoms. The summed E-state index contributed by atoms with van der Waals surface area (Å²) in [6.07, 6.45) is 0.919. The molecule has 0 spiro atoms. The Morgan fingerprint density at radius 1 is 1.43 bits per heavy atom. The number of fused-ring (bicyclic) bond motifs is 1. The zero-order valence-electron chi connectivity index (χ0n) is 15.8. The van der Waals surface area contributed by atoms with Gasteiger partial charge in [0, 0.05) is 18.3 Å². The number of hydrogen-bond donors (Lipinski definition) is 1. The van der Waals surface area contributed by atoms with E-state index in [2.05, 4.69) is 16.9 Å². The molecule has 1 aromatic carbocycles. The van der Waals surface area contributed by atoms with Crippen molar-refractivity contribution >= 4 is 35.0 Å². The predicted molar refractivity (Wildman–Crippen MR) is 102 cm³/mol. The van der Waals surface area contributed by atoms with Gasteiger partial charge in [-0.2, -0.15) is 4.99 Å². The van der Waals surface area contributed by atoms with E-state index in [1.54, 1.807) is 13.8 Å². The van der Waals surface area contributed by atoms with Crippen LogP contribution in [-0.2, 0) is 14.3 Å². The second-order valence-corrected chi connectivity index (χ2v) is 5.84. The number of aliphatic imine (C=N–C) groups is 1. The van der Waals surface area contributed by atoms with E-state index in [0.29, 0.717) is 17.8 Å². The number of benzene rings is 1. The van der Waals surface area contributed by atoms with Gasteiger partial charge in [0.25, 0.3) is 5.91 Å². The minimum Gasteiger partial charge on any atom is -0.481 e. The standard InChI is InChI=1S/C19H22FN3O5/c1-4-7-23-15-10-14(13(20)9-16(15)28-11-18(23)25)22-17(24)8-12(5-2)21-19(26)27-6-3/h4,9-10H,1,5-8,11H2,2-3H3,(H,22,24). The van der Waals surface area contributed by atoms with Crippen molar-refractivity contribution in [3.05, 3.63) is 30.6 Å². The molecule has 1 N–H and O–H groups in total. The van der Waals surface area contributed by atoms with Crippen LogP contribution in [0.25, 0.3) is 0 Å². The van der Waals surface area contributed by atoms with Gasteiger partial charge in [-0.3, -0.25) is 9.59 Å². The van der Waals surface area contributed by atoms with Gasteiger partial charge in [0.2, 0.25) is 5.91 Å². The highest BCUT2D eigenvalue weighted by Gasteiger charge is 2.26. The van der Waals surface area contributed by atoms with Gasteiger partial charge in [-0.15, -0.1) is 6.58 Å².